The number of anilines is 1. The first-order chi connectivity index (χ1) is 12.5. The standard InChI is InChI=1S/C19H18N2O4S/c1-13(16-8-4-12-25-16)20-18(22)10-11-21-15-7-2-5-14-6-3-9-17(19(14)15)26(21,23)24/h2-9,12-13H,10-11H2,1H3,(H,20,22)/t13-/m1/s1. The summed E-state index contributed by atoms with van der Waals surface area (Å²) in [6.45, 7) is 1.91. The van der Waals surface area contributed by atoms with E-state index in [1.807, 2.05) is 25.1 Å². The Morgan fingerprint density at radius 1 is 1.15 bits per heavy atom. The summed E-state index contributed by atoms with van der Waals surface area (Å²) in [5, 5.41) is 4.42. The van der Waals surface area contributed by atoms with Gasteiger partial charge in [0.05, 0.1) is 22.9 Å². The molecule has 1 aliphatic rings. The van der Waals surface area contributed by atoms with Crippen LogP contribution >= 0.6 is 0 Å². The maximum atomic E-state index is 12.9. The van der Waals surface area contributed by atoms with Crippen molar-refractivity contribution in [2.45, 2.75) is 24.3 Å². The topological polar surface area (TPSA) is 79.6 Å². The van der Waals surface area contributed by atoms with Crippen molar-refractivity contribution in [1.82, 2.24) is 5.32 Å². The van der Waals surface area contributed by atoms with Crippen LogP contribution in [0.5, 0.6) is 0 Å². The van der Waals surface area contributed by atoms with Crippen molar-refractivity contribution < 1.29 is 17.6 Å². The smallest absolute Gasteiger partial charge is 0.265 e. The van der Waals surface area contributed by atoms with E-state index in [0.29, 0.717) is 16.3 Å². The average Bonchev–Trinajstić information content (AvgIpc) is 3.22. The highest BCUT2D eigenvalue weighted by Crippen LogP contribution is 2.41. The number of nitrogens with zero attached hydrogens (tertiary/aromatic N) is 1. The molecular formula is C19H18N2O4S. The minimum absolute atomic E-state index is 0.0641. The first kappa shape index (κ1) is 16.7. The normalized spacial score (nSPS) is 16.0. The Hall–Kier alpha value is -2.80. The number of hydrogen-bond donors (Lipinski definition) is 1. The van der Waals surface area contributed by atoms with Crippen LogP contribution in [0.4, 0.5) is 5.69 Å². The lowest BCUT2D eigenvalue weighted by molar-refractivity contribution is -0.121. The molecule has 4 rings (SSSR count). The van der Waals surface area contributed by atoms with Gasteiger partial charge in [0.25, 0.3) is 10.0 Å². The van der Waals surface area contributed by atoms with E-state index in [2.05, 4.69) is 5.32 Å². The summed E-state index contributed by atoms with van der Waals surface area (Å²) >= 11 is 0. The number of hydrogen-bond acceptors (Lipinski definition) is 4. The Morgan fingerprint density at radius 3 is 2.65 bits per heavy atom. The molecule has 7 heteroatoms. The molecule has 1 aromatic heterocycles. The third-order valence-corrected chi connectivity index (χ3v) is 6.43. The van der Waals surface area contributed by atoms with Gasteiger partial charge in [-0.05, 0) is 36.6 Å². The molecule has 1 amide bonds. The molecule has 0 aliphatic carbocycles. The molecule has 26 heavy (non-hydrogen) atoms. The predicted octanol–water partition coefficient (Wildman–Crippen LogP) is 3.21. The number of benzene rings is 2. The highest BCUT2D eigenvalue weighted by Gasteiger charge is 2.35. The van der Waals surface area contributed by atoms with Crippen LogP contribution in [-0.4, -0.2) is 20.9 Å². The third kappa shape index (κ3) is 2.64. The van der Waals surface area contributed by atoms with Crippen molar-refractivity contribution in [1.29, 1.82) is 0 Å². The Kier molecular flexibility index (Phi) is 3.96. The molecule has 0 saturated heterocycles. The number of nitrogens with one attached hydrogen (secondary N) is 1. The van der Waals surface area contributed by atoms with Crippen molar-refractivity contribution in [3.05, 3.63) is 60.6 Å². The quantitative estimate of drug-likeness (QED) is 0.748. The van der Waals surface area contributed by atoms with Gasteiger partial charge in [-0.2, -0.15) is 0 Å². The first-order valence-electron chi connectivity index (χ1n) is 8.36. The zero-order valence-electron chi connectivity index (χ0n) is 14.2. The maximum Gasteiger partial charge on any atom is 0.265 e. The lowest BCUT2D eigenvalue weighted by atomic mass is 10.1. The van der Waals surface area contributed by atoms with Gasteiger partial charge in [0.2, 0.25) is 5.91 Å². The fourth-order valence-corrected chi connectivity index (χ4v) is 5.04. The van der Waals surface area contributed by atoms with Crippen molar-refractivity contribution in [2.24, 2.45) is 0 Å². The summed E-state index contributed by atoms with van der Waals surface area (Å²) in [5.74, 6) is 0.427. The Labute approximate surface area is 151 Å². The highest BCUT2D eigenvalue weighted by molar-refractivity contribution is 7.93. The highest BCUT2D eigenvalue weighted by atomic mass is 32.2. The van der Waals surface area contributed by atoms with E-state index in [1.165, 1.54) is 4.31 Å². The monoisotopic (exact) mass is 370 g/mol. The molecule has 1 N–H and O–H groups in total. The van der Waals surface area contributed by atoms with Gasteiger partial charge in [-0.3, -0.25) is 9.10 Å². The van der Waals surface area contributed by atoms with Crippen molar-refractivity contribution in [2.75, 3.05) is 10.8 Å². The van der Waals surface area contributed by atoms with E-state index in [-0.39, 0.29) is 24.9 Å². The first-order valence-corrected chi connectivity index (χ1v) is 9.80. The van der Waals surface area contributed by atoms with E-state index >= 15 is 0 Å². The Bertz CT molecular complexity index is 1070. The van der Waals surface area contributed by atoms with Gasteiger partial charge in [-0.15, -0.1) is 0 Å². The van der Waals surface area contributed by atoms with Crippen LogP contribution in [0.25, 0.3) is 10.8 Å². The molecule has 1 aliphatic heterocycles. The number of amides is 1. The molecule has 1 atom stereocenters. The maximum absolute atomic E-state index is 12.9. The molecular weight excluding hydrogens is 352 g/mol. The fraction of sp³-hybridized carbons (Fsp3) is 0.211. The lowest BCUT2D eigenvalue weighted by Gasteiger charge is -2.19. The molecule has 2 aromatic carbocycles. The number of rotatable bonds is 5. The van der Waals surface area contributed by atoms with E-state index in [1.54, 1.807) is 36.6 Å². The largest absolute Gasteiger partial charge is 0.467 e. The number of carbonyl (C=O) groups is 1. The number of furan rings is 1. The molecule has 0 fully saturated rings. The molecule has 3 aromatic rings. The summed E-state index contributed by atoms with van der Waals surface area (Å²) in [7, 11) is -3.63. The van der Waals surface area contributed by atoms with Gasteiger partial charge < -0.3 is 9.73 Å². The van der Waals surface area contributed by atoms with Crippen LogP contribution in [0.3, 0.4) is 0 Å². The molecule has 0 saturated carbocycles. The number of carbonyl (C=O) groups excluding carboxylic acids is 1. The van der Waals surface area contributed by atoms with Crippen molar-refractivity contribution in [3.8, 4) is 0 Å². The minimum Gasteiger partial charge on any atom is -0.467 e. The lowest BCUT2D eigenvalue weighted by Crippen LogP contribution is -2.33. The second-order valence-corrected chi connectivity index (χ2v) is 8.09. The summed E-state index contributed by atoms with van der Waals surface area (Å²) < 4.78 is 32.3. The molecule has 0 unspecified atom stereocenters. The minimum atomic E-state index is -3.63. The van der Waals surface area contributed by atoms with Gasteiger partial charge in [0, 0.05) is 18.4 Å². The summed E-state index contributed by atoms with van der Waals surface area (Å²) in [5.41, 5.74) is 0.630. The van der Waals surface area contributed by atoms with Crippen LogP contribution in [0.15, 0.2) is 64.1 Å². The van der Waals surface area contributed by atoms with E-state index in [9.17, 15) is 13.2 Å². The molecule has 0 bridgehead atoms. The van der Waals surface area contributed by atoms with E-state index in [0.717, 1.165) is 10.8 Å². The van der Waals surface area contributed by atoms with Gasteiger partial charge in [-0.1, -0.05) is 24.3 Å². The van der Waals surface area contributed by atoms with Crippen LogP contribution in [0.1, 0.15) is 25.1 Å². The average molecular weight is 370 g/mol. The number of sulfonamides is 1. The van der Waals surface area contributed by atoms with Gasteiger partial charge in [0.15, 0.2) is 0 Å². The predicted molar refractivity (Wildman–Crippen MR) is 98.4 cm³/mol. The zero-order valence-corrected chi connectivity index (χ0v) is 15.0. The van der Waals surface area contributed by atoms with Crippen molar-refractivity contribution in [3.63, 3.8) is 0 Å². The van der Waals surface area contributed by atoms with Crippen LogP contribution < -0.4 is 9.62 Å². The van der Waals surface area contributed by atoms with E-state index < -0.39 is 10.0 Å². The van der Waals surface area contributed by atoms with E-state index in [4.69, 9.17) is 4.42 Å². The zero-order chi connectivity index (χ0) is 18.3. The molecule has 134 valence electrons. The SMILES string of the molecule is C[C@@H](NC(=O)CCN1c2cccc3cccc(c23)S1(=O)=O)c1ccco1. The van der Waals surface area contributed by atoms with Crippen LogP contribution in [-0.2, 0) is 14.8 Å². The fourth-order valence-electron chi connectivity index (χ4n) is 3.32. The van der Waals surface area contributed by atoms with Gasteiger partial charge >= 0.3 is 0 Å². The Morgan fingerprint density at radius 2 is 1.92 bits per heavy atom. The third-order valence-electron chi connectivity index (χ3n) is 4.57. The second kappa shape index (κ2) is 6.17. The summed E-state index contributed by atoms with van der Waals surface area (Å²) in [6.07, 6.45) is 1.61. The summed E-state index contributed by atoms with van der Waals surface area (Å²) in [6, 6.07) is 14.0. The van der Waals surface area contributed by atoms with Crippen LogP contribution in [0.2, 0.25) is 0 Å². The Balaban J connectivity index is 1.53. The van der Waals surface area contributed by atoms with Crippen molar-refractivity contribution >= 4 is 32.4 Å². The van der Waals surface area contributed by atoms with Gasteiger partial charge in [0.1, 0.15) is 5.76 Å². The molecule has 0 radical (unpaired) electrons. The second-order valence-electron chi connectivity index (χ2n) is 6.26. The van der Waals surface area contributed by atoms with Crippen LogP contribution in [0, 0.1) is 0 Å². The molecule has 6 nitrogen and oxygen atoms in total. The molecule has 2 heterocycles. The molecule has 0 spiro atoms. The van der Waals surface area contributed by atoms with Gasteiger partial charge in [-0.25, -0.2) is 8.42 Å². The summed E-state index contributed by atoms with van der Waals surface area (Å²) in [4.78, 5) is 12.6.